The Balaban J connectivity index is 1.84. The van der Waals surface area contributed by atoms with Gasteiger partial charge in [-0.15, -0.1) is 0 Å². The molecular weight excluding hydrogens is 222 g/mol. The van der Waals surface area contributed by atoms with Gasteiger partial charge in [-0.05, 0) is 36.9 Å². The van der Waals surface area contributed by atoms with E-state index in [2.05, 4.69) is 43.4 Å². The molecule has 0 amide bonds. The Morgan fingerprint density at radius 2 is 2.11 bits per heavy atom. The van der Waals surface area contributed by atoms with Crippen LogP contribution in [0, 0.1) is 12.8 Å². The minimum atomic E-state index is 0.329. The molecule has 0 saturated heterocycles. The average Bonchev–Trinajstić information content (AvgIpc) is 3.18. The lowest BCUT2D eigenvalue weighted by molar-refractivity contribution is 0.106. The van der Waals surface area contributed by atoms with Crippen molar-refractivity contribution in [3.8, 4) is 0 Å². The lowest BCUT2D eigenvalue weighted by Gasteiger charge is -2.20. The van der Waals surface area contributed by atoms with E-state index in [0.29, 0.717) is 6.04 Å². The highest BCUT2D eigenvalue weighted by atomic mass is 16.5. The predicted octanol–water partition coefficient (Wildman–Crippen LogP) is 3.46. The van der Waals surface area contributed by atoms with Gasteiger partial charge in [0.25, 0.3) is 0 Å². The summed E-state index contributed by atoms with van der Waals surface area (Å²) in [6.07, 6.45) is 4.07. The molecule has 100 valence electrons. The summed E-state index contributed by atoms with van der Waals surface area (Å²) in [4.78, 5) is 0. The quantitative estimate of drug-likeness (QED) is 0.710. The molecule has 1 saturated carbocycles. The van der Waals surface area contributed by atoms with E-state index in [1.165, 1.54) is 30.4 Å². The van der Waals surface area contributed by atoms with Crippen molar-refractivity contribution in [3.05, 3.63) is 35.4 Å². The number of hydrogen-bond acceptors (Lipinski definition) is 2. The summed E-state index contributed by atoms with van der Waals surface area (Å²) in [7, 11) is 0. The van der Waals surface area contributed by atoms with Crippen molar-refractivity contribution in [2.75, 3.05) is 19.8 Å². The second-order valence-corrected chi connectivity index (χ2v) is 5.27. The van der Waals surface area contributed by atoms with Crippen LogP contribution in [-0.4, -0.2) is 19.8 Å². The average molecular weight is 247 g/mol. The molecule has 2 nitrogen and oxygen atoms in total. The third kappa shape index (κ3) is 4.11. The molecule has 0 heterocycles. The van der Waals surface area contributed by atoms with Gasteiger partial charge in [0, 0.05) is 6.61 Å². The van der Waals surface area contributed by atoms with Crippen molar-refractivity contribution >= 4 is 0 Å². The summed E-state index contributed by atoms with van der Waals surface area (Å²) >= 11 is 0. The van der Waals surface area contributed by atoms with E-state index >= 15 is 0 Å². The topological polar surface area (TPSA) is 21.3 Å². The molecule has 0 radical (unpaired) electrons. The second-order valence-electron chi connectivity index (χ2n) is 5.27. The molecule has 1 aromatic carbocycles. The molecule has 2 rings (SSSR count). The van der Waals surface area contributed by atoms with Gasteiger partial charge in [-0.25, -0.2) is 0 Å². The fourth-order valence-corrected chi connectivity index (χ4v) is 2.34. The summed E-state index contributed by atoms with van der Waals surface area (Å²) < 4.78 is 5.85. The van der Waals surface area contributed by atoms with Crippen LogP contribution in [0.3, 0.4) is 0 Å². The van der Waals surface area contributed by atoms with Crippen molar-refractivity contribution in [2.45, 2.75) is 39.2 Å². The molecule has 0 spiro atoms. The zero-order chi connectivity index (χ0) is 12.8. The van der Waals surface area contributed by atoms with Gasteiger partial charge in [-0.3, -0.25) is 0 Å². The van der Waals surface area contributed by atoms with Gasteiger partial charge in [0.2, 0.25) is 0 Å². The standard InChI is InChI=1S/C16H25NO/c1-3-17-16(12-18-11-10-14-8-9-14)15-7-5-4-6-13(15)2/h4-7,14,16-17H,3,8-12H2,1-2H3. The highest BCUT2D eigenvalue weighted by Crippen LogP contribution is 2.32. The van der Waals surface area contributed by atoms with Crippen LogP contribution in [-0.2, 0) is 4.74 Å². The molecular formula is C16H25NO. The summed E-state index contributed by atoms with van der Waals surface area (Å²) in [5, 5.41) is 3.52. The van der Waals surface area contributed by atoms with E-state index in [-0.39, 0.29) is 0 Å². The fraction of sp³-hybridized carbons (Fsp3) is 0.625. The first-order valence-corrected chi connectivity index (χ1v) is 7.18. The first kappa shape index (κ1) is 13.6. The Kier molecular flexibility index (Phi) is 5.21. The predicted molar refractivity (Wildman–Crippen MR) is 75.8 cm³/mol. The Morgan fingerprint density at radius 1 is 1.33 bits per heavy atom. The molecule has 0 aliphatic heterocycles. The minimum Gasteiger partial charge on any atom is -0.379 e. The zero-order valence-electron chi connectivity index (χ0n) is 11.6. The molecule has 1 aliphatic carbocycles. The number of likely N-dealkylation sites (N-methyl/N-ethyl adjacent to an activating group) is 1. The highest BCUT2D eigenvalue weighted by molar-refractivity contribution is 5.28. The first-order valence-electron chi connectivity index (χ1n) is 7.18. The van der Waals surface area contributed by atoms with Crippen molar-refractivity contribution < 1.29 is 4.74 Å². The molecule has 18 heavy (non-hydrogen) atoms. The smallest absolute Gasteiger partial charge is 0.0661 e. The van der Waals surface area contributed by atoms with E-state index in [4.69, 9.17) is 4.74 Å². The third-order valence-corrected chi connectivity index (χ3v) is 3.67. The fourth-order valence-electron chi connectivity index (χ4n) is 2.34. The molecule has 1 N–H and O–H groups in total. The lowest BCUT2D eigenvalue weighted by atomic mass is 10.0. The maximum absolute atomic E-state index is 5.85. The Bertz CT molecular complexity index is 360. The van der Waals surface area contributed by atoms with Crippen molar-refractivity contribution in [1.82, 2.24) is 5.32 Å². The number of benzene rings is 1. The van der Waals surface area contributed by atoms with Crippen molar-refractivity contribution in [2.24, 2.45) is 5.92 Å². The minimum absolute atomic E-state index is 0.329. The molecule has 1 atom stereocenters. The van der Waals surface area contributed by atoms with Gasteiger partial charge in [0.05, 0.1) is 12.6 Å². The van der Waals surface area contributed by atoms with Crippen LogP contribution in [0.5, 0.6) is 0 Å². The van der Waals surface area contributed by atoms with E-state index in [1.807, 2.05) is 0 Å². The number of aryl methyl sites for hydroxylation is 1. The lowest BCUT2D eigenvalue weighted by Crippen LogP contribution is -2.26. The van der Waals surface area contributed by atoms with Gasteiger partial charge >= 0.3 is 0 Å². The maximum Gasteiger partial charge on any atom is 0.0661 e. The maximum atomic E-state index is 5.85. The monoisotopic (exact) mass is 247 g/mol. The Morgan fingerprint density at radius 3 is 2.78 bits per heavy atom. The van der Waals surface area contributed by atoms with Gasteiger partial charge in [0.15, 0.2) is 0 Å². The molecule has 1 aliphatic rings. The van der Waals surface area contributed by atoms with E-state index in [9.17, 15) is 0 Å². The van der Waals surface area contributed by atoms with Gasteiger partial charge in [0.1, 0.15) is 0 Å². The van der Waals surface area contributed by atoms with Crippen molar-refractivity contribution in [3.63, 3.8) is 0 Å². The van der Waals surface area contributed by atoms with Crippen LogP contribution in [0.15, 0.2) is 24.3 Å². The van der Waals surface area contributed by atoms with E-state index in [0.717, 1.165) is 25.7 Å². The van der Waals surface area contributed by atoms with Gasteiger partial charge < -0.3 is 10.1 Å². The zero-order valence-corrected chi connectivity index (χ0v) is 11.6. The third-order valence-electron chi connectivity index (χ3n) is 3.67. The molecule has 2 heteroatoms. The van der Waals surface area contributed by atoms with Gasteiger partial charge in [-0.1, -0.05) is 44.0 Å². The second kappa shape index (κ2) is 6.91. The number of hydrogen-bond donors (Lipinski definition) is 1. The van der Waals surface area contributed by atoms with Crippen LogP contribution in [0.4, 0.5) is 0 Å². The first-order chi connectivity index (χ1) is 8.81. The molecule has 0 aromatic heterocycles. The number of nitrogens with one attached hydrogen (secondary N) is 1. The summed E-state index contributed by atoms with van der Waals surface area (Å²) in [6.45, 7) is 6.99. The SMILES string of the molecule is CCNC(COCCC1CC1)c1ccccc1C. The molecule has 1 aromatic rings. The van der Waals surface area contributed by atoms with Crippen LogP contribution >= 0.6 is 0 Å². The number of rotatable bonds is 8. The van der Waals surface area contributed by atoms with Crippen molar-refractivity contribution in [1.29, 1.82) is 0 Å². The summed E-state index contributed by atoms with van der Waals surface area (Å²) in [5.74, 6) is 0.959. The van der Waals surface area contributed by atoms with Crippen LogP contribution in [0.2, 0.25) is 0 Å². The Labute approximate surface area is 111 Å². The van der Waals surface area contributed by atoms with Crippen LogP contribution < -0.4 is 5.32 Å². The van der Waals surface area contributed by atoms with Crippen LogP contribution in [0.1, 0.15) is 43.4 Å². The Hall–Kier alpha value is -0.860. The highest BCUT2D eigenvalue weighted by Gasteiger charge is 2.20. The van der Waals surface area contributed by atoms with Gasteiger partial charge in [-0.2, -0.15) is 0 Å². The largest absolute Gasteiger partial charge is 0.379 e. The number of ether oxygens (including phenoxy) is 1. The van der Waals surface area contributed by atoms with E-state index in [1.54, 1.807) is 0 Å². The van der Waals surface area contributed by atoms with E-state index < -0.39 is 0 Å². The van der Waals surface area contributed by atoms with Crippen LogP contribution in [0.25, 0.3) is 0 Å². The molecule has 0 bridgehead atoms. The normalized spacial score (nSPS) is 16.8. The summed E-state index contributed by atoms with van der Waals surface area (Å²) in [5.41, 5.74) is 2.71. The molecule has 1 fully saturated rings. The summed E-state index contributed by atoms with van der Waals surface area (Å²) in [6, 6.07) is 8.90. The molecule has 1 unspecified atom stereocenters.